The standard InChI is InChI=1S/C31H38F2N6O4S/c1-37-20-22(19-35-37)23-3-2-21(18-26(23)38-14-10-31(32,33)11-15-38)27-25(36-44(42,43)17-16-40)5-4-24(29(34)41)28(27)39-12-8-30(6-7-30)9-13-39/h2-5,18-20,36,40H,6-17H2,1H3,(H2,34,41). The highest BCUT2D eigenvalue weighted by Crippen LogP contribution is 2.55. The minimum Gasteiger partial charge on any atom is -0.395 e. The maximum atomic E-state index is 14.2. The minimum atomic E-state index is -3.94. The molecule has 3 aliphatic rings. The van der Waals surface area contributed by atoms with Crippen molar-refractivity contribution in [1.29, 1.82) is 0 Å². The average molecular weight is 629 g/mol. The molecule has 1 saturated carbocycles. The third kappa shape index (κ3) is 6.12. The molecule has 3 aromatic rings. The molecule has 1 amide bonds. The number of nitrogens with one attached hydrogen (secondary N) is 1. The van der Waals surface area contributed by atoms with E-state index in [2.05, 4.69) is 14.7 Å². The number of nitrogens with zero attached hydrogens (tertiary/aromatic N) is 4. The summed E-state index contributed by atoms with van der Waals surface area (Å²) in [6.45, 7) is 1.09. The zero-order chi connectivity index (χ0) is 31.3. The first-order valence-electron chi connectivity index (χ1n) is 15.0. The van der Waals surface area contributed by atoms with E-state index in [-0.39, 0.29) is 37.2 Å². The second-order valence-electron chi connectivity index (χ2n) is 12.4. The Morgan fingerprint density at radius 3 is 2.27 bits per heavy atom. The summed E-state index contributed by atoms with van der Waals surface area (Å²) in [4.78, 5) is 16.9. The Labute approximate surface area is 255 Å². The molecule has 2 saturated heterocycles. The first-order valence-corrected chi connectivity index (χ1v) is 16.6. The van der Waals surface area contributed by atoms with Crippen LogP contribution >= 0.6 is 0 Å². The Bertz CT molecular complexity index is 1670. The molecule has 0 atom stereocenters. The molecule has 1 aliphatic carbocycles. The van der Waals surface area contributed by atoms with Gasteiger partial charge in [0.1, 0.15) is 0 Å². The molecule has 0 bridgehead atoms. The van der Waals surface area contributed by atoms with Gasteiger partial charge in [0.25, 0.3) is 11.8 Å². The number of rotatable bonds is 9. The van der Waals surface area contributed by atoms with Gasteiger partial charge >= 0.3 is 0 Å². The van der Waals surface area contributed by atoms with E-state index in [1.807, 2.05) is 29.3 Å². The van der Waals surface area contributed by atoms with Crippen LogP contribution in [0, 0.1) is 5.41 Å². The lowest BCUT2D eigenvalue weighted by Gasteiger charge is -2.37. The topological polar surface area (TPSA) is 134 Å². The van der Waals surface area contributed by atoms with Crippen LogP contribution in [-0.4, -0.2) is 73.7 Å². The van der Waals surface area contributed by atoms with E-state index < -0.39 is 34.2 Å². The number of amides is 1. The zero-order valence-electron chi connectivity index (χ0n) is 24.7. The lowest BCUT2D eigenvalue weighted by molar-refractivity contribution is -0.0220. The van der Waals surface area contributed by atoms with Crippen molar-refractivity contribution < 1.29 is 27.1 Å². The first kappa shape index (κ1) is 30.3. The molecule has 6 rings (SSSR count). The van der Waals surface area contributed by atoms with Crippen molar-refractivity contribution in [1.82, 2.24) is 9.78 Å². The summed E-state index contributed by atoms with van der Waals surface area (Å²) < 4.78 is 58.6. The monoisotopic (exact) mass is 628 g/mol. The summed E-state index contributed by atoms with van der Waals surface area (Å²) in [5.74, 6) is -3.88. The van der Waals surface area contributed by atoms with Crippen LogP contribution in [0.25, 0.3) is 22.3 Å². The summed E-state index contributed by atoms with van der Waals surface area (Å²) in [6, 6.07) is 8.68. The molecular weight excluding hydrogens is 590 g/mol. The lowest BCUT2D eigenvalue weighted by atomic mass is 9.90. The number of halogens is 2. The lowest BCUT2D eigenvalue weighted by Crippen LogP contribution is -2.39. The van der Waals surface area contributed by atoms with E-state index in [0.29, 0.717) is 41.0 Å². The van der Waals surface area contributed by atoms with E-state index in [4.69, 9.17) is 5.73 Å². The molecule has 2 aromatic carbocycles. The van der Waals surface area contributed by atoms with Gasteiger partial charge in [-0.05, 0) is 54.9 Å². The second-order valence-corrected chi connectivity index (χ2v) is 14.2. The average Bonchev–Trinajstić information content (AvgIpc) is 3.58. The fourth-order valence-corrected chi connectivity index (χ4v) is 7.39. The highest BCUT2D eigenvalue weighted by atomic mass is 32.2. The Kier molecular flexibility index (Phi) is 7.81. The number of nitrogens with two attached hydrogens (primary N) is 1. The Morgan fingerprint density at radius 1 is 1.00 bits per heavy atom. The largest absolute Gasteiger partial charge is 0.395 e. The number of piperidine rings is 2. The quantitative estimate of drug-likeness (QED) is 0.323. The zero-order valence-corrected chi connectivity index (χ0v) is 25.5. The number of aryl methyl sites for hydroxylation is 1. The van der Waals surface area contributed by atoms with Crippen molar-refractivity contribution in [2.75, 3.05) is 53.1 Å². The van der Waals surface area contributed by atoms with E-state index in [9.17, 15) is 27.1 Å². The number of carbonyl (C=O) groups excluding carboxylic acids is 1. The number of alkyl halides is 2. The van der Waals surface area contributed by atoms with Crippen LogP contribution in [-0.2, 0) is 17.1 Å². The van der Waals surface area contributed by atoms with Crippen LogP contribution < -0.4 is 20.3 Å². The maximum Gasteiger partial charge on any atom is 0.251 e. The molecule has 236 valence electrons. The summed E-state index contributed by atoms with van der Waals surface area (Å²) in [5.41, 5.74) is 10.7. The number of anilines is 3. The van der Waals surface area contributed by atoms with Gasteiger partial charge in [-0.25, -0.2) is 17.2 Å². The van der Waals surface area contributed by atoms with Crippen molar-refractivity contribution >= 4 is 33.0 Å². The van der Waals surface area contributed by atoms with Crippen LogP contribution in [0.1, 0.15) is 48.9 Å². The Morgan fingerprint density at radius 2 is 1.68 bits per heavy atom. The van der Waals surface area contributed by atoms with Gasteiger partial charge in [-0.15, -0.1) is 0 Å². The molecule has 10 nitrogen and oxygen atoms in total. The van der Waals surface area contributed by atoms with Crippen LogP contribution in [0.4, 0.5) is 25.8 Å². The van der Waals surface area contributed by atoms with Gasteiger partial charge in [0.2, 0.25) is 10.0 Å². The molecule has 0 unspecified atom stereocenters. The van der Waals surface area contributed by atoms with Crippen molar-refractivity contribution in [3.8, 4) is 22.3 Å². The van der Waals surface area contributed by atoms with E-state index in [0.717, 1.165) is 24.0 Å². The predicted molar refractivity (Wildman–Crippen MR) is 167 cm³/mol. The van der Waals surface area contributed by atoms with Gasteiger partial charge in [-0.1, -0.05) is 12.1 Å². The van der Waals surface area contributed by atoms with Crippen LogP contribution in [0.2, 0.25) is 0 Å². The Balaban J connectivity index is 1.54. The molecule has 13 heteroatoms. The number of benzene rings is 2. The number of sulfonamides is 1. The Hall–Kier alpha value is -3.71. The first-order chi connectivity index (χ1) is 20.9. The number of aliphatic hydroxyl groups excluding tert-OH is 1. The smallest absolute Gasteiger partial charge is 0.251 e. The van der Waals surface area contributed by atoms with Crippen molar-refractivity contribution in [3.63, 3.8) is 0 Å². The van der Waals surface area contributed by atoms with Crippen LogP contribution in [0.3, 0.4) is 0 Å². The highest BCUT2D eigenvalue weighted by molar-refractivity contribution is 7.92. The SMILES string of the molecule is Cn1cc(-c2ccc(-c3c(NS(=O)(=O)CCO)ccc(C(N)=O)c3N3CCC4(CC3)CC4)cc2N2CCC(F)(F)CC2)cn1. The second kappa shape index (κ2) is 11.3. The number of hydrogen-bond donors (Lipinski definition) is 3. The van der Waals surface area contributed by atoms with E-state index >= 15 is 0 Å². The van der Waals surface area contributed by atoms with Crippen LogP contribution in [0.15, 0.2) is 42.7 Å². The molecule has 0 radical (unpaired) electrons. The third-order valence-electron chi connectivity index (χ3n) is 9.30. The predicted octanol–water partition coefficient (Wildman–Crippen LogP) is 4.20. The van der Waals surface area contributed by atoms with Crippen LogP contribution in [0.5, 0.6) is 0 Å². The van der Waals surface area contributed by atoms with Gasteiger partial charge in [-0.2, -0.15) is 5.10 Å². The van der Waals surface area contributed by atoms with E-state index in [1.54, 1.807) is 17.9 Å². The summed E-state index contributed by atoms with van der Waals surface area (Å²) in [7, 11) is -2.13. The highest BCUT2D eigenvalue weighted by Gasteiger charge is 2.45. The number of aromatic nitrogens is 2. The van der Waals surface area contributed by atoms with Gasteiger partial charge in [0.15, 0.2) is 0 Å². The summed E-state index contributed by atoms with van der Waals surface area (Å²) in [6.07, 6.45) is 7.29. The summed E-state index contributed by atoms with van der Waals surface area (Å²) in [5, 5.41) is 13.7. The van der Waals surface area contributed by atoms with Gasteiger partial charge in [0.05, 0.1) is 35.5 Å². The molecule has 4 N–H and O–H groups in total. The maximum absolute atomic E-state index is 14.2. The molecule has 1 spiro atoms. The number of primary amides is 1. The molecule has 3 heterocycles. The fourth-order valence-electron chi connectivity index (χ4n) is 6.54. The normalized spacial score (nSPS) is 19.3. The van der Waals surface area contributed by atoms with Crippen molar-refractivity contribution in [2.24, 2.45) is 18.2 Å². The fraction of sp³-hybridized carbons (Fsp3) is 0.484. The molecule has 2 aliphatic heterocycles. The minimum absolute atomic E-state index is 0.141. The van der Waals surface area contributed by atoms with Crippen molar-refractivity contribution in [3.05, 3.63) is 48.3 Å². The number of carbonyl (C=O) groups is 1. The number of aliphatic hydroxyl groups is 1. The molecule has 1 aromatic heterocycles. The molecular formula is C31H38F2N6O4S. The van der Waals surface area contributed by atoms with Gasteiger partial charge in [-0.3, -0.25) is 14.2 Å². The number of hydrogen-bond acceptors (Lipinski definition) is 7. The molecule has 3 fully saturated rings. The van der Waals surface area contributed by atoms with E-state index in [1.165, 1.54) is 25.0 Å². The van der Waals surface area contributed by atoms with Crippen molar-refractivity contribution in [2.45, 2.75) is 44.4 Å². The molecule has 44 heavy (non-hydrogen) atoms. The summed E-state index contributed by atoms with van der Waals surface area (Å²) >= 11 is 0. The van der Waals surface area contributed by atoms with Gasteiger partial charge < -0.3 is 20.6 Å². The van der Waals surface area contributed by atoms with Gasteiger partial charge in [0, 0.05) is 74.6 Å². The third-order valence-corrected chi connectivity index (χ3v) is 10.6.